The van der Waals surface area contributed by atoms with Gasteiger partial charge in [-0.05, 0) is 43.9 Å². The van der Waals surface area contributed by atoms with E-state index in [4.69, 9.17) is 4.74 Å². The summed E-state index contributed by atoms with van der Waals surface area (Å²) in [6.07, 6.45) is 4.65. The molecule has 4 rings (SSSR count). The number of piperidine rings is 1. The van der Waals surface area contributed by atoms with Crippen molar-refractivity contribution < 1.29 is 13.9 Å². The van der Waals surface area contributed by atoms with Gasteiger partial charge in [0.05, 0.1) is 13.2 Å². The molecule has 1 amide bonds. The summed E-state index contributed by atoms with van der Waals surface area (Å²) in [4.78, 5) is 21.6. The minimum Gasteiger partial charge on any atom is -0.379 e. The zero-order chi connectivity index (χ0) is 18.1. The van der Waals surface area contributed by atoms with Gasteiger partial charge in [-0.15, -0.1) is 0 Å². The first kappa shape index (κ1) is 17.4. The summed E-state index contributed by atoms with van der Waals surface area (Å²) in [5, 5.41) is 0. The van der Waals surface area contributed by atoms with Crippen LogP contribution in [0.25, 0.3) is 5.65 Å². The Morgan fingerprint density at radius 2 is 2.12 bits per heavy atom. The van der Waals surface area contributed by atoms with Gasteiger partial charge in [-0.25, -0.2) is 4.98 Å². The Morgan fingerprint density at radius 1 is 1.31 bits per heavy atom. The SMILES string of the molecule is Cc1ccn2c(F)c(C(=O)N3CCCCC3CN3CCOCC3)nc2c1. The molecule has 0 aliphatic carbocycles. The molecule has 6 nitrogen and oxygen atoms in total. The van der Waals surface area contributed by atoms with E-state index in [2.05, 4.69) is 9.88 Å². The van der Waals surface area contributed by atoms with Crippen molar-refractivity contribution in [2.24, 2.45) is 0 Å². The van der Waals surface area contributed by atoms with E-state index in [0.717, 1.165) is 57.7 Å². The Bertz CT molecular complexity index is 800. The Kier molecular flexibility index (Phi) is 4.91. The summed E-state index contributed by atoms with van der Waals surface area (Å²) in [5.41, 5.74) is 1.40. The summed E-state index contributed by atoms with van der Waals surface area (Å²) >= 11 is 0. The van der Waals surface area contributed by atoms with E-state index < -0.39 is 5.95 Å². The van der Waals surface area contributed by atoms with Crippen LogP contribution in [0.3, 0.4) is 0 Å². The molecule has 2 aliphatic rings. The van der Waals surface area contributed by atoms with E-state index >= 15 is 0 Å². The van der Waals surface area contributed by atoms with Crippen molar-refractivity contribution >= 4 is 11.6 Å². The highest BCUT2D eigenvalue weighted by atomic mass is 19.1. The topological polar surface area (TPSA) is 50.1 Å². The standard InChI is InChI=1S/C19H25FN4O2/c1-14-5-7-24-16(12-14)21-17(18(24)20)19(25)23-6-3-2-4-15(23)13-22-8-10-26-11-9-22/h5,7,12,15H,2-4,6,8-11,13H2,1H3. The molecule has 0 aromatic carbocycles. The van der Waals surface area contributed by atoms with Crippen LogP contribution in [0.5, 0.6) is 0 Å². The van der Waals surface area contributed by atoms with Gasteiger partial charge in [0.25, 0.3) is 5.91 Å². The fraction of sp³-hybridized carbons (Fsp3) is 0.579. The molecule has 140 valence electrons. The molecule has 2 fully saturated rings. The minimum absolute atomic E-state index is 0.0653. The second-order valence-electron chi connectivity index (χ2n) is 7.24. The number of carbonyl (C=O) groups excluding carboxylic acids is 1. The average Bonchev–Trinajstić information content (AvgIpc) is 2.98. The predicted molar refractivity (Wildman–Crippen MR) is 95.8 cm³/mol. The third-order valence-electron chi connectivity index (χ3n) is 5.39. The maximum absolute atomic E-state index is 14.8. The molecule has 26 heavy (non-hydrogen) atoms. The molecule has 2 saturated heterocycles. The summed E-state index contributed by atoms with van der Waals surface area (Å²) in [6.45, 7) is 6.67. The predicted octanol–water partition coefficient (Wildman–Crippen LogP) is 2.11. The second kappa shape index (κ2) is 7.32. The number of hydrogen-bond acceptors (Lipinski definition) is 4. The van der Waals surface area contributed by atoms with Crippen LogP contribution in [-0.2, 0) is 4.74 Å². The number of aryl methyl sites for hydroxylation is 1. The van der Waals surface area contributed by atoms with E-state index in [1.165, 1.54) is 4.40 Å². The van der Waals surface area contributed by atoms with Crippen LogP contribution in [0.4, 0.5) is 4.39 Å². The minimum atomic E-state index is -0.569. The zero-order valence-corrected chi connectivity index (χ0v) is 15.2. The maximum atomic E-state index is 14.8. The molecular formula is C19H25FN4O2. The summed E-state index contributed by atoms with van der Waals surface area (Å²) in [5.74, 6) is -0.859. The van der Waals surface area contributed by atoms with Crippen molar-refractivity contribution in [3.8, 4) is 0 Å². The lowest BCUT2D eigenvalue weighted by Crippen LogP contribution is -2.51. The van der Waals surface area contributed by atoms with Crippen molar-refractivity contribution in [3.63, 3.8) is 0 Å². The van der Waals surface area contributed by atoms with E-state index in [1.807, 2.05) is 17.9 Å². The van der Waals surface area contributed by atoms with E-state index in [9.17, 15) is 9.18 Å². The van der Waals surface area contributed by atoms with Gasteiger partial charge < -0.3 is 9.64 Å². The molecule has 0 radical (unpaired) electrons. The molecule has 0 bridgehead atoms. The third kappa shape index (κ3) is 3.33. The van der Waals surface area contributed by atoms with E-state index in [0.29, 0.717) is 12.2 Å². The molecule has 4 heterocycles. The van der Waals surface area contributed by atoms with Gasteiger partial charge in [0.15, 0.2) is 5.69 Å². The van der Waals surface area contributed by atoms with Gasteiger partial charge in [0.1, 0.15) is 5.65 Å². The quantitative estimate of drug-likeness (QED) is 0.841. The van der Waals surface area contributed by atoms with Gasteiger partial charge in [0.2, 0.25) is 5.95 Å². The lowest BCUT2D eigenvalue weighted by Gasteiger charge is -2.39. The Labute approximate surface area is 152 Å². The van der Waals surface area contributed by atoms with Crippen LogP contribution >= 0.6 is 0 Å². The number of morpholine rings is 1. The summed E-state index contributed by atoms with van der Waals surface area (Å²) in [7, 11) is 0. The number of nitrogens with zero attached hydrogens (tertiary/aromatic N) is 4. The van der Waals surface area contributed by atoms with Gasteiger partial charge in [-0.3, -0.25) is 14.1 Å². The van der Waals surface area contributed by atoms with Crippen molar-refractivity contribution in [1.82, 2.24) is 19.2 Å². The lowest BCUT2D eigenvalue weighted by molar-refractivity contribution is 0.0163. The highest BCUT2D eigenvalue weighted by molar-refractivity contribution is 5.93. The number of halogens is 1. The van der Waals surface area contributed by atoms with Crippen LogP contribution in [-0.4, -0.2) is 70.5 Å². The molecule has 2 aromatic heterocycles. The first-order chi connectivity index (χ1) is 12.6. The highest BCUT2D eigenvalue weighted by Crippen LogP contribution is 2.22. The zero-order valence-electron chi connectivity index (χ0n) is 15.2. The van der Waals surface area contributed by atoms with E-state index in [1.54, 1.807) is 12.3 Å². The average molecular weight is 360 g/mol. The van der Waals surface area contributed by atoms with Crippen molar-refractivity contribution in [2.45, 2.75) is 32.2 Å². The smallest absolute Gasteiger partial charge is 0.277 e. The first-order valence-electron chi connectivity index (χ1n) is 9.39. The molecule has 2 aromatic rings. The lowest BCUT2D eigenvalue weighted by atomic mass is 10.0. The first-order valence-corrected chi connectivity index (χ1v) is 9.39. The number of amides is 1. The fourth-order valence-electron chi connectivity index (χ4n) is 3.93. The van der Waals surface area contributed by atoms with Crippen LogP contribution in [0, 0.1) is 12.9 Å². The number of ether oxygens (including phenoxy) is 1. The van der Waals surface area contributed by atoms with Crippen molar-refractivity contribution in [1.29, 1.82) is 0 Å². The second-order valence-corrected chi connectivity index (χ2v) is 7.24. The number of carbonyl (C=O) groups is 1. The summed E-state index contributed by atoms with van der Waals surface area (Å²) < 4.78 is 21.5. The number of imidazole rings is 1. The van der Waals surface area contributed by atoms with E-state index in [-0.39, 0.29) is 17.6 Å². The molecule has 7 heteroatoms. The van der Waals surface area contributed by atoms with Crippen molar-refractivity contribution in [3.05, 3.63) is 35.5 Å². The van der Waals surface area contributed by atoms with Crippen molar-refractivity contribution in [2.75, 3.05) is 39.4 Å². The Balaban J connectivity index is 1.57. The molecular weight excluding hydrogens is 335 g/mol. The molecule has 0 N–H and O–H groups in total. The van der Waals surface area contributed by atoms with Gasteiger partial charge in [-0.1, -0.05) is 0 Å². The largest absolute Gasteiger partial charge is 0.379 e. The Hall–Kier alpha value is -1.99. The third-order valence-corrected chi connectivity index (χ3v) is 5.39. The molecule has 0 spiro atoms. The number of rotatable bonds is 3. The number of fused-ring (bicyclic) bond motifs is 1. The number of hydrogen-bond donors (Lipinski definition) is 0. The maximum Gasteiger partial charge on any atom is 0.277 e. The van der Waals surface area contributed by atoms with Gasteiger partial charge >= 0.3 is 0 Å². The number of pyridine rings is 1. The van der Waals surface area contributed by atoms with Gasteiger partial charge in [-0.2, -0.15) is 4.39 Å². The normalized spacial score (nSPS) is 22.1. The van der Waals surface area contributed by atoms with Crippen LogP contribution in [0.2, 0.25) is 0 Å². The molecule has 1 unspecified atom stereocenters. The number of likely N-dealkylation sites (tertiary alicyclic amines) is 1. The van der Waals surface area contributed by atoms with Crippen LogP contribution in [0.15, 0.2) is 18.3 Å². The Morgan fingerprint density at radius 3 is 2.92 bits per heavy atom. The van der Waals surface area contributed by atoms with Gasteiger partial charge in [0, 0.05) is 38.4 Å². The molecule has 0 saturated carbocycles. The highest BCUT2D eigenvalue weighted by Gasteiger charge is 2.32. The van der Waals surface area contributed by atoms with Crippen LogP contribution < -0.4 is 0 Å². The molecule has 1 atom stereocenters. The van der Waals surface area contributed by atoms with Crippen LogP contribution in [0.1, 0.15) is 35.3 Å². The number of aromatic nitrogens is 2. The summed E-state index contributed by atoms with van der Waals surface area (Å²) in [6, 6.07) is 3.72. The fourth-order valence-corrected chi connectivity index (χ4v) is 3.93. The monoisotopic (exact) mass is 360 g/mol. The molecule has 2 aliphatic heterocycles.